The number of anilines is 1. The number of nitriles is 1. The van der Waals surface area contributed by atoms with Crippen molar-refractivity contribution in [2.45, 2.75) is 0 Å². The normalized spacial score (nSPS) is 9.05. The maximum atomic E-state index is 12.9. The van der Waals surface area contributed by atoms with Crippen molar-refractivity contribution < 1.29 is 4.39 Å². The van der Waals surface area contributed by atoms with Gasteiger partial charge in [0.2, 0.25) is 0 Å². The molecular formula is C16H11FN2. The van der Waals surface area contributed by atoms with Gasteiger partial charge in [-0.25, -0.2) is 4.39 Å². The van der Waals surface area contributed by atoms with Crippen LogP contribution in [0.5, 0.6) is 0 Å². The molecule has 0 aliphatic rings. The van der Waals surface area contributed by atoms with E-state index in [4.69, 9.17) is 5.26 Å². The average Bonchev–Trinajstić information content (AvgIpc) is 2.46. The van der Waals surface area contributed by atoms with Crippen LogP contribution in [-0.4, -0.2) is 6.54 Å². The molecule has 0 spiro atoms. The zero-order chi connectivity index (χ0) is 13.5. The molecular weight excluding hydrogens is 239 g/mol. The Balaban J connectivity index is 2.01. The summed E-state index contributed by atoms with van der Waals surface area (Å²) in [5.41, 5.74) is 1.80. The van der Waals surface area contributed by atoms with Crippen LogP contribution in [0.2, 0.25) is 0 Å². The summed E-state index contributed by atoms with van der Waals surface area (Å²) in [5, 5.41) is 11.9. The first-order valence-electron chi connectivity index (χ1n) is 5.77. The number of benzene rings is 2. The molecule has 0 saturated carbocycles. The summed E-state index contributed by atoms with van der Waals surface area (Å²) < 4.78 is 12.9. The van der Waals surface area contributed by atoms with Crippen molar-refractivity contribution in [2.75, 3.05) is 11.9 Å². The Bertz CT molecular complexity index is 661. The zero-order valence-corrected chi connectivity index (χ0v) is 10.2. The van der Waals surface area contributed by atoms with Gasteiger partial charge in [0, 0.05) is 5.56 Å². The number of hydrogen-bond acceptors (Lipinski definition) is 2. The Morgan fingerprint density at radius 3 is 2.63 bits per heavy atom. The van der Waals surface area contributed by atoms with Crippen LogP contribution in [-0.2, 0) is 0 Å². The zero-order valence-electron chi connectivity index (χ0n) is 10.2. The average molecular weight is 250 g/mol. The lowest BCUT2D eigenvalue weighted by atomic mass is 10.2. The van der Waals surface area contributed by atoms with Gasteiger partial charge in [-0.05, 0) is 30.3 Å². The van der Waals surface area contributed by atoms with Gasteiger partial charge in [0.1, 0.15) is 11.9 Å². The first-order chi connectivity index (χ1) is 9.29. The molecule has 0 bridgehead atoms. The lowest BCUT2D eigenvalue weighted by molar-refractivity contribution is 0.627. The largest absolute Gasteiger partial charge is 0.373 e. The van der Waals surface area contributed by atoms with Crippen molar-refractivity contribution in [1.82, 2.24) is 0 Å². The fraction of sp³-hybridized carbons (Fsp3) is 0.0625. The van der Waals surface area contributed by atoms with E-state index in [0.29, 0.717) is 12.2 Å². The molecule has 0 aromatic heterocycles. The van der Waals surface area contributed by atoms with Crippen LogP contribution in [0.25, 0.3) is 0 Å². The van der Waals surface area contributed by atoms with Crippen LogP contribution < -0.4 is 5.32 Å². The van der Waals surface area contributed by atoms with Gasteiger partial charge in [0.05, 0.1) is 17.8 Å². The molecule has 2 aromatic carbocycles. The number of hydrogen-bond donors (Lipinski definition) is 1. The first-order valence-corrected chi connectivity index (χ1v) is 5.77. The van der Waals surface area contributed by atoms with E-state index in [2.05, 4.69) is 17.2 Å². The van der Waals surface area contributed by atoms with E-state index in [1.165, 1.54) is 18.2 Å². The summed E-state index contributed by atoms with van der Waals surface area (Å²) in [6.07, 6.45) is 0. The second-order valence-electron chi connectivity index (χ2n) is 3.82. The van der Waals surface area contributed by atoms with Crippen molar-refractivity contribution in [3.05, 3.63) is 65.5 Å². The van der Waals surface area contributed by atoms with Crippen molar-refractivity contribution >= 4 is 5.69 Å². The van der Waals surface area contributed by atoms with Gasteiger partial charge in [0.15, 0.2) is 0 Å². The van der Waals surface area contributed by atoms with Crippen molar-refractivity contribution in [3.8, 4) is 17.9 Å². The Morgan fingerprint density at radius 1 is 1.11 bits per heavy atom. The minimum absolute atomic E-state index is 0.279. The summed E-state index contributed by atoms with van der Waals surface area (Å²) in [7, 11) is 0. The number of rotatable bonds is 2. The van der Waals surface area contributed by atoms with Crippen molar-refractivity contribution in [1.29, 1.82) is 5.26 Å². The lowest BCUT2D eigenvalue weighted by Gasteiger charge is -2.04. The fourth-order valence-corrected chi connectivity index (χ4v) is 1.57. The molecule has 92 valence electrons. The lowest BCUT2D eigenvalue weighted by Crippen LogP contribution is -2.01. The number of nitrogens with one attached hydrogen (secondary N) is 1. The first kappa shape index (κ1) is 12.7. The summed E-state index contributed by atoms with van der Waals surface area (Å²) in [6.45, 7) is 0.398. The Hall–Kier alpha value is -2.78. The highest BCUT2D eigenvalue weighted by Crippen LogP contribution is 2.15. The predicted molar refractivity (Wildman–Crippen MR) is 72.9 cm³/mol. The van der Waals surface area contributed by atoms with Crippen LogP contribution in [0.15, 0.2) is 48.5 Å². The molecule has 0 unspecified atom stereocenters. The standard InChI is InChI=1S/C16H11FN2/c17-15-8-9-16(14(11-15)12-18)19-10-4-7-13-5-2-1-3-6-13/h1-3,5-6,8-9,11,19H,10H2. The van der Waals surface area contributed by atoms with Gasteiger partial charge in [-0.3, -0.25) is 0 Å². The summed E-state index contributed by atoms with van der Waals surface area (Å²) in [6, 6.07) is 15.6. The second kappa shape index (κ2) is 6.23. The molecule has 1 N–H and O–H groups in total. The van der Waals surface area contributed by atoms with E-state index < -0.39 is 5.82 Å². The third-order valence-corrected chi connectivity index (χ3v) is 2.48. The smallest absolute Gasteiger partial charge is 0.124 e. The highest BCUT2D eigenvalue weighted by Gasteiger charge is 2.01. The summed E-state index contributed by atoms with van der Waals surface area (Å²) in [4.78, 5) is 0. The SMILES string of the molecule is N#Cc1cc(F)ccc1NCC#Cc1ccccc1. The van der Waals surface area contributed by atoms with E-state index in [1.54, 1.807) is 0 Å². The van der Waals surface area contributed by atoms with Gasteiger partial charge >= 0.3 is 0 Å². The molecule has 2 rings (SSSR count). The van der Waals surface area contributed by atoms with Gasteiger partial charge in [-0.15, -0.1) is 0 Å². The third-order valence-electron chi connectivity index (χ3n) is 2.48. The molecule has 2 aromatic rings. The summed E-state index contributed by atoms with van der Waals surface area (Å²) >= 11 is 0. The van der Waals surface area contributed by atoms with Crippen LogP contribution in [0.1, 0.15) is 11.1 Å². The second-order valence-corrected chi connectivity index (χ2v) is 3.82. The molecule has 0 aliphatic carbocycles. The molecule has 0 fully saturated rings. The Morgan fingerprint density at radius 2 is 1.89 bits per heavy atom. The molecule has 0 saturated heterocycles. The highest BCUT2D eigenvalue weighted by atomic mass is 19.1. The van der Waals surface area contributed by atoms with Gasteiger partial charge in [-0.1, -0.05) is 30.0 Å². The molecule has 2 nitrogen and oxygen atoms in total. The molecule has 19 heavy (non-hydrogen) atoms. The fourth-order valence-electron chi connectivity index (χ4n) is 1.57. The van der Waals surface area contributed by atoms with Crippen LogP contribution in [0, 0.1) is 29.0 Å². The quantitative estimate of drug-likeness (QED) is 0.831. The van der Waals surface area contributed by atoms with Crippen LogP contribution in [0.4, 0.5) is 10.1 Å². The van der Waals surface area contributed by atoms with Gasteiger partial charge < -0.3 is 5.32 Å². The Labute approximate surface area is 111 Å². The van der Waals surface area contributed by atoms with Crippen molar-refractivity contribution in [3.63, 3.8) is 0 Å². The van der Waals surface area contributed by atoms with Crippen LogP contribution in [0.3, 0.4) is 0 Å². The number of halogens is 1. The molecule has 0 amide bonds. The maximum absolute atomic E-state index is 12.9. The minimum atomic E-state index is -0.419. The van der Waals surface area contributed by atoms with Gasteiger partial charge in [-0.2, -0.15) is 5.26 Å². The predicted octanol–water partition coefficient (Wildman–Crippen LogP) is 3.16. The molecule has 3 heteroatoms. The Kier molecular flexibility index (Phi) is 4.16. The van der Waals surface area contributed by atoms with E-state index in [0.717, 1.165) is 5.56 Å². The summed E-state index contributed by atoms with van der Waals surface area (Å²) in [5.74, 6) is 5.53. The monoisotopic (exact) mass is 250 g/mol. The molecule has 0 atom stereocenters. The third kappa shape index (κ3) is 3.59. The molecule has 0 radical (unpaired) electrons. The van der Waals surface area contributed by atoms with E-state index in [1.807, 2.05) is 36.4 Å². The minimum Gasteiger partial charge on any atom is -0.373 e. The highest BCUT2D eigenvalue weighted by molar-refractivity contribution is 5.58. The van der Waals surface area contributed by atoms with Crippen LogP contribution >= 0.6 is 0 Å². The topological polar surface area (TPSA) is 35.8 Å². The van der Waals surface area contributed by atoms with Gasteiger partial charge in [0.25, 0.3) is 0 Å². The molecule has 0 heterocycles. The molecule has 0 aliphatic heterocycles. The van der Waals surface area contributed by atoms with E-state index in [-0.39, 0.29) is 5.56 Å². The maximum Gasteiger partial charge on any atom is 0.124 e. The number of nitrogens with zero attached hydrogens (tertiary/aromatic N) is 1. The van der Waals surface area contributed by atoms with Crippen molar-refractivity contribution in [2.24, 2.45) is 0 Å². The van der Waals surface area contributed by atoms with E-state index in [9.17, 15) is 4.39 Å². The van der Waals surface area contributed by atoms with E-state index >= 15 is 0 Å².